The molecule has 0 saturated carbocycles. The smallest absolute Gasteiger partial charge is 0.449 e. The molecule has 0 aromatic carbocycles. The summed E-state index contributed by atoms with van der Waals surface area (Å²) in [7, 11) is 0. The van der Waals surface area contributed by atoms with Crippen LogP contribution in [0.1, 0.15) is 6.42 Å². The van der Waals surface area contributed by atoms with Gasteiger partial charge >= 0.3 is 58.4 Å². The maximum Gasteiger partial charge on any atom is 1.00 e. The predicted octanol–water partition coefficient (Wildman–Crippen LogP) is -1.80. The molecule has 1 nitrogen and oxygen atoms in total. The number of hydrogen-bond donors (Lipinski definition) is 1. The Morgan fingerprint density at radius 2 is 1.90 bits per heavy atom. The Bertz CT molecular complexity index is 101. The summed E-state index contributed by atoms with van der Waals surface area (Å²) in [6.45, 7) is -3.92. The van der Waals surface area contributed by atoms with Crippen molar-refractivity contribution in [2.45, 2.75) is 12.2 Å². The van der Waals surface area contributed by atoms with Crippen LogP contribution < -0.4 is 56.7 Å². The molecule has 0 radical (unpaired) electrons. The van der Waals surface area contributed by atoms with Crippen molar-refractivity contribution in [3.05, 3.63) is 0 Å². The van der Waals surface area contributed by atoms with Crippen molar-refractivity contribution < 1.29 is 64.3 Å². The summed E-state index contributed by atoms with van der Waals surface area (Å²) >= 11 is 0. The monoisotopic (exact) mass is 177 g/mol. The molecule has 0 aliphatic carbocycles. The third kappa shape index (κ3) is 3.23. The van der Waals surface area contributed by atoms with E-state index in [0.717, 1.165) is 0 Å². The first-order valence-corrected chi connectivity index (χ1v) is 3.01. The molecule has 1 rings (SSSR count). The summed E-state index contributed by atoms with van der Waals surface area (Å²) in [6.07, 6.45) is 0.267. The van der Waals surface area contributed by atoms with Crippen molar-refractivity contribution in [3.8, 4) is 0 Å². The van der Waals surface area contributed by atoms with Crippen molar-refractivity contribution in [2.75, 3.05) is 13.1 Å². The van der Waals surface area contributed by atoms with Crippen molar-refractivity contribution in [2.24, 2.45) is 0 Å². The van der Waals surface area contributed by atoms with Crippen molar-refractivity contribution in [3.63, 3.8) is 0 Å². The van der Waals surface area contributed by atoms with Crippen LogP contribution in [0.4, 0.5) is 12.9 Å². The zero-order valence-electron chi connectivity index (χ0n) is 5.91. The van der Waals surface area contributed by atoms with E-state index in [1.807, 2.05) is 0 Å². The number of rotatable bonds is 1. The molecule has 1 aliphatic rings. The number of hydrogen-bond acceptors (Lipinski definition) is 1. The van der Waals surface area contributed by atoms with Crippen LogP contribution in [0.15, 0.2) is 0 Å². The maximum absolute atomic E-state index is 11.8. The molecule has 0 aromatic heterocycles. The Kier molecular flexibility index (Phi) is 5.12. The van der Waals surface area contributed by atoms with E-state index in [1.54, 1.807) is 0 Å². The standard InChI is InChI=1S/C4H8BF3N.K/c6-5(7,8)4-1-2-9-3-4;/h4,9H,1-3H2;/q-1;+1. The fourth-order valence-corrected chi connectivity index (χ4v) is 1.000. The Labute approximate surface area is 101 Å². The van der Waals surface area contributed by atoms with Gasteiger partial charge in [-0.2, -0.15) is 0 Å². The minimum absolute atomic E-state index is 0. The van der Waals surface area contributed by atoms with Gasteiger partial charge in [-0.25, -0.2) is 0 Å². The summed E-state index contributed by atoms with van der Waals surface area (Å²) in [5, 5.41) is 2.67. The molecule has 1 atom stereocenters. The third-order valence-electron chi connectivity index (χ3n) is 1.63. The first-order chi connectivity index (χ1) is 4.11. The first-order valence-electron chi connectivity index (χ1n) is 3.01. The van der Waals surface area contributed by atoms with E-state index < -0.39 is 12.8 Å². The Morgan fingerprint density at radius 1 is 1.30 bits per heavy atom. The molecule has 0 amide bonds. The SMILES string of the molecule is F[B-](F)(F)C1CCNC1.[K+]. The Balaban J connectivity index is 0.000000810. The van der Waals surface area contributed by atoms with Gasteiger partial charge < -0.3 is 18.3 Å². The molecule has 1 saturated heterocycles. The second-order valence-corrected chi connectivity index (χ2v) is 2.38. The van der Waals surface area contributed by atoms with Crippen LogP contribution in [0.25, 0.3) is 0 Å². The molecule has 1 fully saturated rings. The van der Waals surface area contributed by atoms with E-state index in [1.165, 1.54) is 0 Å². The zero-order valence-corrected chi connectivity index (χ0v) is 9.03. The summed E-state index contributed by atoms with van der Waals surface area (Å²) in [5.74, 6) is -1.04. The molecule has 1 N–H and O–H groups in total. The van der Waals surface area contributed by atoms with Gasteiger partial charge in [-0.05, 0) is 13.1 Å². The molecular formula is C4H8BF3KN. The summed E-state index contributed by atoms with van der Waals surface area (Å²) in [4.78, 5) is 0. The van der Waals surface area contributed by atoms with Crippen LogP contribution in [0.2, 0.25) is 5.82 Å². The van der Waals surface area contributed by atoms with Crippen molar-refractivity contribution in [1.29, 1.82) is 0 Å². The molecular weight excluding hydrogens is 169 g/mol. The van der Waals surface area contributed by atoms with Crippen LogP contribution in [0, 0.1) is 0 Å². The maximum atomic E-state index is 11.8. The van der Waals surface area contributed by atoms with Gasteiger partial charge in [0.1, 0.15) is 0 Å². The minimum Gasteiger partial charge on any atom is -0.449 e. The minimum atomic E-state index is -4.57. The average Bonchev–Trinajstić information content (AvgIpc) is 2.08. The molecule has 54 valence electrons. The Hall–Kier alpha value is 1.45. The van der Waals surface area contributed by atoms with Crippen LogP contribution in [-0.4, -0.2) is 20.1 Å². The van der Waals surface area contributed by atoms with Gasteiger partial charge in [-0.1, -0.05) is 12.2 Å². The molecule has 1 unspecified atom stereocenters. The predicted molar refractivity (Wildman–Crippen MR) is 30.3 cm³/mol. The second kappa shape index (κ2) is 4.47. The fraction of sp³-hybridized carbons (Fsp3) is 1.00. The van der Waals surface area contributed by atoms with Gasteiger partial charge in [0.05, 0.1) is 0 Å². The van der Waals surface area contributed by atoms with Crippen molar-refractivity contribution >= 4 is 6.98 Å². The van der Waals surface area contributed by atoms with Crippen LogP contribution in [-0.2, 0) is 0 Å². The topological polar surface area (TPSA) is 12.0 Å². The third-order valence-corrected chi connectivity index (χ3v) is 1.63. The molecule has 1 aliphatic heterocycles. The van der Waals surface area contributed by atoms with Gasteiger partial charge in [0.25, 0.3) is 0 Å². The van der Waals surface area contributed by atoms with Gasteiger partial charge in [0.15, 0.2) is 0 Å². The molecule has 6 heteroatoms. The summed E-state index contributed by atoms with van der Waals surface area (Å²) < 4.78 is 35.3. The van der Waals surface area contributed by atoms with Gasteiger partial charge in [0, 0.05) is 0 Å². The van der Waals surface area contributed by atoms with Gasteiger partial charge in [-0.3, -0.25) is 0 Å². The van der Waals surface area contributed by atoms with Crippen LogP contribution in [0.5, 0.6) is 0 Å². The van der Waals surface area contributed by atoms with E-state index >= 15 is 0 Å². The van der Waals surface area contributed by atoms with E-state index in [-0.39, 0.29) is 64.4 Å². The van der Waals surface area contributed by atoms with E-state index in [9.17, 15) is 12.9 Å². The van der Waals surface area contributed by atoms with Gasteiger partial charge in [-0.15, -0.1) is 0 Å². The summed E-state index contributed by atoms with van der Waals surface area (Å²) in [6, 6.07) is 0. The fourth-order valence-electron chi connectivity index (χ4n) is 1.000. The molecule has 0 bridgehead atoms. The quantitative estimate of drug-likeness (QED) is 0.466. The second-order valence-electron chi connectivity index (χ2n) is 2.38. The normalized spacial score (nSPS) is 26.1. The van der Waals surface area contributed by atoms with Gasteiger partial charge in [0.2, 0.25) is 0 Å². The molecule has 0 aromatic rings. The largest absolute Gasteiger partial charge is 1.00 e. The van der Waals surface area contributed by atoms with Crippen molar-refractivity contribution in [1.82, 2.24) is 5.32 Å². The van der Waals surface area contributed by atoms with Crippen LogP contribution in [0.3, 0.4) is 0 Å². The molecule has 10 heavy (non-hydrogen) atoms. The van der Waals surface area contributed by atoms with E-state index in [2.05, 4.69) is 5.32 Å². The Morgan fingerprint density at radius 3 is 2.10 bits per heavy atom. The average molecular weight is 177 g/mol. The van der Waals surface area contributed by atoms with E-state index in [0.29, 0.717) is 6.54 Å². The number of halogens is 3. The zero-order chi connectivity index (χ0) is 6.91. The number of nitrogens with one attached hydrogen (secondary N) is 1. The molecule has 0 spiro atoms. The first kappa shape index (κ1) is 11.5. The molecule has 1 heterocycles. The van der Waals surface area contributed by atoms with E-state index in [4.69, 9.17) is 0 Å². The van der Waals surface area contributed by atoms with Crippen LogP contribution >= 0.6 is 0 Å². The summed E-state index contributed by atoms with van der Waals surface area (Å²) in [5.41, 5.74) is 0.